The summed E-state index contributed by atoms with van der Waals surface area (Å²) in [5, 5.41) is 3.29. The van der Waals surface area contributed by atoms with Crippen LogP contribution in [-0.2, 0) is 6.54 Å². The van der Waals surface area contributed by atoms with Crippen molar-refractivity contribution in [3.63, 3.8) is 0 Å². The highest BCUT2D eigenvalue weighted by Gasteiger charge is 2.17. The second-order valence-electron chi connectivity index (χ2n) is 4.06. The Morgan fingerprint density at radius 3 is 3.11 bits per heavy atom. The van der Waals surface area contributed by atoms with Crippen molar-refractivity contribution in [3.8, 4) is 17.4 Å². The number of aromatic nitrogens is 1. The monoisotopic (exact) mass is 258 g/mol. The first-order valence-corrected chi connectivity index (χ1v) is 5.99. The topological polar surface area (TPSA) is 52.6 Å². The van der Waals surface area contributed by atoms with E-state index in [0.717, 1.165) is 22.7 Å². The number of hydrogen-bond acceptors (Lipinski definition) is 5. The van der Waals surface area contributed by atoms with E-state index in [4.69, 9.17) is 14.2 Å². The fourth-order valence-electron chi connectivity index (χ4n) is 2.01. The summed E-state index contributed by atoms with van der Waals surface area (Å²) in [4.78, 5) is 4.14. The molecule has 98 valence electrons. The number of nitrogens with zero attached hydrogens (tertiary/aromatic N) is 1. The molecule has 0 unspecified atom stereocenters. The molecule has 19 heavy (non-hydrogen) atoms. The zero-order valence-corrected chi connectivity index (χ0v) is 10.6. The standard InChI is InChI=1S/C14H14N2O3/c1-17-14-11(5-3-7-15-14)16-8-10-4-2-6-12-13(10)19-9-18-12/h2-7,16H,8-9H2,1H3. The van der Waals surface area contributed by atoms with E-state index in [1.165, 1.54) is 0 Å². The van der Waals surface area contributed by atoms with Crippen molar-refractivity contribution >= 4 is 5.69 Å². The van der Waals surface area contributed by atoms with Gasteiger partial charge < -0.3 is 19.5 Å². The number of benzene rings is 1. The van der Waals surface area contributed by atoms with E-state index in [1.807, 2.05) is 30.3 Å². The maximum Gasteiger partial charge on any atom is 0.237 e. The van der Waals surface area contributed by atoms with Gasteiger partial charge in [0.2, 0.25) is 12.7 Å². The summed E-state index contributed by atoms with van der Waals surface area (Å²) >= 11 is 0. The summed E-state index contributed by atoms with van der Waals surface area (Å²) in [6.07, 6.45) is 1.70. The molecule has 0 fully saturated rings. The Morgan fingerprint density at radius 1 is 1.26 bits per heavy atom. The summed E-state index contributed by atoms with van der Waals surface area (Å²) in [5.41, 5.74) is 1.89. The van der Waals surface area contributed by atoms with Crippen LogP contribution in [0.25, 0.3) is 0 Å². The molecule has 0 amide bonds. The summed E-state index contributed by atoms with van der Waals surface area (Å²) in [6, 6.07) is 9.64. The van der Waals surface area contributed by atoms with E-state index < -0.39 is 0 Å². The van der Waals surface area contributed by atoms with E-state index in [-0.39, 0.29) is 6.79 Å². The second kappa shape index (κ2) is 5.06. The van der Waals surface area contributed by atoms with Crippen molar-refractivity contribution < 1.29 is 14.2 Å². The minimum Gasteiger partial charge on any atom is -0.480 e. The fourth-order valence-corrected chi connectivity index (χ4v) is 2.01. The highest BCUT2D eigenvalue weighted by molar-refractivity contribution is 5.54. The average Bonchev–Trinajstić information content (AvgIpc) is 2.94. The van der Waals surface area contributed by atoms with Crippen LogP contribution in [0.1, 0.15) is 5.56 Å². The molecule has 3 rings (SSSR count). The van der Waals surface area contributed by atoms with Gasteiger partial charge in [-0.25, -0.2) is 4.98 Å². The molecule has 2 heterocycles. The number of rotatable bonds is 4. The van der Waals surface area contributed by atoms with Crippen molar-refractivity contribution in [3.05, 3.63) is 42.1 Å². The third-order valence-electron chi connectivity index (χ3n) is 2.91. The number of nitrogens with one attached hydrogen (secondary N) is 1. The molecule has 5 nitrogen and oxygen atoms in total. The Balaban J connectivity index is 1.78. The van der Waals surface area contributed by atoms with Gasteiger partial charge in [-0.2, -0.15) is 0 Å². The summed E-state index contributed by atoms with van der Waals surface area (Å²) in [5.74, 6) is 2.17. The quantitative estimate of drug-likeness (QED) is 0.912. The fraction of sp³-hybridized carbons (Fsp3) is 0.214. The third kappa shape index (κ3) is 2.27. The Bertz CT molecular complexity index is 587. The lowest BCUT2D eigenvalue weighted by Gasteiger charge is -2.11. The number of pyridine rings is 1. The minimum absolute atomic E-state index is 0.280. The summed E-state index contributed by atoms with van der Waals surface area (Å²) < 4.78 is 16.0. The number of anilines is 1. The van der Waals surface area contributed by atoms with Gasteiger partial charge in [-0.3, -0.25) is 0 Å². The van der Waals surface area contributed by atoms with Gasteiger partial charge in [-0.05, 0) is 18.2 Å². The van der Waals surface area contributed by atoms with Crippen LogP contribution in [0.4, 0.5) is 5.69 Å². The molecule has 2 aromatic rings. The van der Waals surface area contributed by atoms with Gasteiger partial charge in [0, 0.05) is 18.3 Å². The molecule has 0 saturated heterocycles. The lowest BCUT2D eigenvalue weighted by Crippen LogP contribution is -2.03. The number of hydrogen-bond donors (Lipinski definition) is 1. The Morgan fingerprint density at radius 2 is 2.21 bits per heavy atom. The van der Waals surface area contributed by atoms with Crippen LogP contribution in [0.2, 0.25) is 0 Å². The van der Waals surface area contributed by atoms with Crippen molar-refractivity contribution in [2.75, 3.05) is 19.2 Å². The van der Waals surface area contributed by atoms with E-state index >= 15 is 0 Å². The van der Waals surface area contributed by atoms with E-state index in [2.05, 4.69) is 10.3 Å². The van der Waals surface area contributed by atoms with E-state index in [9.17, 15) is 0 Å². The maximum atomic E-state index is 5.47. The molecule has 0 bridgehead atoms. The SMILES string of the molecule is COc1ncccc1NCc1cccc2c1OCO2. The molecular formula is C14H14N2O3. The Labute approximate surface area is 111 Å². The minimum atomic E-state index is 0.280. The largest absolute Gasteiger partial charge is 0.480 e. The molecule has 0 radical (unpaired) electrons. The molecule has 1 aliphatic rings. The molecular weight excluding hydrogens is 244 g/mol. The normalized spacial score (nSPS) is 12.3. The summed E-state index contributed by atoms with van der Waals surface area (Å²) in [6.45, 7) is 0.900. The molecule has 1 aromatic heterocycles. The van der Waals surface area contributed by atoms with Gasteiger partial charge in [0.1, 0.15) is 0 Å². The molecule has 5 heteroatoms. The number of fused-ring (bicyclic) bond motifs is 1. The molecule has 0 atom stereocenters. The lowest BCUT2D eigenvalue weighted by atomic mass is 10.2. The van der Waals surface area contributed by atoms with Gasteiger partial charge in [-0.15, -0.1) is 0 Å². The third-order valence-corrected chi connectivity index (χ3v) is 2.91. The first kappa shape index (κ1) is 11.6. The molecule has 1 N–H and O–H groups in total. The molecule has 0 saturated carbocycles. The van der Waals surface area contributed by atoms with Gasteiger partial charge in [0.05, 0.1) is 12.8 Å². The van der Waals surface area contributed by atoms with Crippen LogP contribution < -0.4 is 19.5 Å². The van der Waals surface area contributed by atoms with Crippen LogP contribution in [0.5, 0.6) is 17.4 Å². The van der Waals surface area contributed by atoms with Gasteiger partial charge in [0.15, 0.2) is 11.5 Å². The zero-order valence-electron chi connectivity index (χ0n) is 10.6. The molecule has 1 aromatic carbocycles. The second-order valence-corrected chi connectivity index (χ2v) is 4.06. The maximum absolute atomic E-state index is 5.47. The highest BCUT2D eigenvalue weighted by atomic mass is 16.7. The first-order chi connectivity index (χ1) is 9.38. The number of ether oxygens (including phenoxy) is 3. The highest BCUT2D eigenvalue weighted by Crippen LogP contribution is 2.35. The summed E-state index contributed by atoms with van der Waals surface area (Å²) in [7, 11) is 1.60. The lowest BCUT2D eigenvalue weighted by molar-refractivity contribution is 0.173. The van der Waals surface area contributed by atoms with E-state index in [0.29, 0.717) is 12.4 Å². The van der Waals surface area contributed by atoms with Crippen LogP contribution >= 0.6 is 0 Å². The zero-order chi connectivity index (χ0) is 13.1. The van der Waals surface area contributed by atoms with Crippen LogP contribution in [0.3, 0.4) is 0 Å². The molecule has 0 aliphatic carbocycles. The average molecular weight is 258 g/mol. The van der Waals surface area contributed by atoms with Crippen molar-refractivity contribution in [2.24, 2.45) is 0 Å². The Hall–Kier alpha value is -2.43. The van der Waals surface area contributed by atoms with Crippen molar-refractivity contribution in [1.29, 1.82) is 0 Å². The smallest absolute Gasteiger partial charge is 0.237 e. The van der Waals surface area contributed by atoms with Gasteiger partial charge >= 0.3 is 0 Å². The molecule has 1 aliphatic heterocycles. The first-order valence-electron chi connectivity index (χ1n) is 5.99. The van der Waals surface area contributed by atoms with Crippen molar-refractivity contribution in [1.82, 2.24) is 4.98 Å². The Kier molecular flexibility index (Phi) is 3.10. The van der Waals surface area contributed by atoms with E-state index in [1.54, 1.807) is 13.3 Å². The van der Waals surface area contributed by atoms with Gasteiger partial charge in [-0.1, -0.05) is 12.1 Å². The van der Waals surface area contributed by atoms with Crippen LogP contribution in [-0.4, -0.2) is 18.9 Å². The predicted molar refractivity (Wildman–Crippen MR) is 70.7 cm³/mol. The number of methoxy groups -OCH3 is 1. The van der Waals surface area contributed by atoms with Crippen LogP contribution in [0, 0.1) is 0 Å². The van der Waals surface area contributed by atoms with Crippen molar-refractivity contribution in [2.45, 2.75) is 6.54 Å². The van der Waals surface area contributed by atoms with Crippen LogP contribution in [0.15, 0.2) is 36.5 Å². The van der Waals surface area contributed by atoms with Gasteiger partial charge in [0.25, 0.3) is 0 Å². The number of para-hydroxylation sites is 1. The molecule has 0 spiro atoms. The predicted octanol–water partition coefficient (Wildman–Crippen LogP) is 2.43.